The van der Waals surface area contributed by atoms with Gasteiger partial charge >= 0.3 is 6.01 Å². The van der Waals surface area contributed by atoms with E-state index in [1.165, 1.54) is 7.11 Å². The van der Waals surface area contributed by atoms with Gasteiger partial charge < -0.3 is 25.0 Å². The highest BCUT2D eigenvalue weighted by Crippen LogP contribution is 2.34. The molecule has 1 saturated heterocycles. The van der Waals surface area contributed by atoms with Gasteiger partial charge in [-0.15, -0.1) is 0 Å². The number of anilines is 1. The summed E-state index contributed by atoms with van der Waals surface area (Å²) in [6.45, 7) is -0.247. The zero-order valence-electron chi connectivity index (χ0n) is 11.7. The van der Waals surface area contributed by atoms with E-state index < -0.39 is 18.4 Å². The van der Waals surface area contributed by atoms with Crippen molar-refractivity contribution in [2.45, 2.75) is 24.9 Å². The minimum atomic E-state index is -0.743. The van der Waals surface area contributed by atoms with E-state index in [1.807, 2.05) is 0 Å². The fourth-order valence-electron chi connectivity index (χ4n) is 2.43. The Morgan fingerprint density at radius 3 is 2.95 bits per heavy atom. The van der Waals surface area contributed by atoms with Crippen molar-refractivity contribution in [3.05, 3.63) is 6.20 Å². The Hall–Kier alpha value is -1.97. The fourth-order valence-corrected chi connectivity index (χ4v) is 2.43. The molecule has 0 radical (unpaired) electrons. The Bertz CT molecular complexity index is 646. The highest BCUT2D eigenvalue weighted by molar-refractivity contribution is 5.72. The maximum atomic E-state index is 9.89. The lowest BCUT2D eigenvalue weighted by Crippen LogP contribution is -2.24. The van der Waals surface area contributed by atoms with Gasteiger partial charge in [-0.1, -0.05) is 0 Å². The smallest absolute Gasteiger partial charge is 0.300 e. The zero-order valence-corrected chi connectivity index (χ0v) is 11.7. The summed E-state index contributed by atoms with van der Waals surface area (Å²) in [6.07, 6.45) is 0.0424. The second-order valence-electron chi connectivity index (χ2n) is 4.74. The molecule has 0 unspecified atom stereocenters. The molecule has 2 aromatic heterocycles. The van der Waals surface area contributed by atoms with Gasteiger partial charge in [-0.05, 0) is 0 Å². The molecule has 21 heavy (non-hydrogen) atoms. The van der Waals surface area contributed by atoms with E-state index in [1.54, 1.807) is 17.8 Å². The van der Waals surface area contributed by atoms with Crippen molar-refractivity contribution in [3.63, 3.8) is 0 Å². The summed E-state index contributed by atoms with van der Waals surface area (Å²) >= 11 is 0. The second-order valence-corrected chi connectivity index (χ2v) is 4.74. The molecule has 3 N–H and O–H groups in total. The van der Waals surface area contributed by atoms with E-state index >= 15 is 0 Å². The van der Waals surface area contributed by atoms with E-state index in [9.17, 15) is 10.2 Å². The third kappa shape index (κ3) is 2.28. The summed E-state index contributed by atoms with van der Waals surface area (Å²) < 4.78 is 12.6. The molecule has 1 aliphatic rings. The normalized spacial score (nSPS) is 25.4. The summed E-state index contributed by atoms with van der Waals surface area (Å²) in [7, 11) is 3.22. The van der Waals surface area contributed by atoms with Gasteiger partial charge in [0.05, 0.1) is 26.0 Å². The molecule has 0 bridgehead atoms. The van der Waals surface area contributed by atoms with Gasteiger partial charge in [-0.3, -0.25) is 4.57 Å². The maximum Gasteiger partial charge on any atom is 0.300 e. The minimum Gasteiger partial charge on any atom is -0.468 e. The number of nitrogens with one attached hydrogen (secondary N) is 1. The van der Waals surface area contributed by atoms with E-state index in [2.05, 4.69) is 20.3 Å². The number of fused-ring (bicyclic) bond motifs is 1. The third-order valence-corrected chi connectivity index (χ3v) is 3.48. The van der Waals surface area contributed by atoms with Crippen LogP contribution in [0.3, 0.4) is 0 Å². The molecular formula is C12H17N5O4. The molecule has 0 amide bonds. The van der Waals surface area contributed by atoms with Crippen LogP contribution in [0.5, 0.6) is 6.01 Å². The van der Waals surface area contributed by atoms with Crippen LogP contribution >= 0.6 is 0 Å². The first-order chi connectivity index (χ1) is 10.2. The van der Waals surface area contributed by atoms with Crippen molar-refractivity contribution in [3.8, 4) is 6.01 Å². The summed E-state index contributed by atoms with van der Waals surface area (Å²) in [6, 6.07) is 0.323. The standard InChI is InChI=1S/C12H17N5O4/c1-13-11-14-4-6-10(16-11)17(12(15-6)20-2)9-3-7(19)8(5-18)21-9/h4,7-9,18-19H,3,5H2,1-2H3,(H,13,14,16)/t7-,8+,9-/m1/s1. The number of nitrogens with zero attached hydrogens (tertiary/aromatic N) is 4. The van der Waals surface area contributed by atoms with Crippen molar-refractivity contribution in [1.29, 1.82) is 0 Å². The molecule has 3 atom stereocenters. The molecule has 1 fully saturated rings. The lowest BCUT2D eigenvalue weighted by atomic mass is 10.2. The van der Waals surface area contributed by atoms with Crippen molar-refractivity contribution in [2.24, 2.45) is 0 Å². The topological polar surface area (TPSA) is 115 Å². The Labute approximate surface area is 120 Å². The zero-order chi connectivity index (χ0) is 15.0. The highest BCUT2D eigenvalue weighted by atomic mass is 16.5. The summed E-state index contributed by atoms with van der Waals surface area (Å²) in [5, 5.41) is 21.9. The van der Waals surface area contributed by atoms with Crippen LogP contribution in [0, 0.1) is 0 Å². The van der Waals surface area contributed by atoms with Crippen LogP contribution in [-0.2, 0) is 4.74 Å². The van der Waals surface area contributed by atoms with Gasteiger partial charge in [0.1, 0.15) is 17.8 Å². The molecule has 1 aliphatic heterocycles. The number of ether oxygens (including phenoxy) is 2. The Kier molecular flexibility index (Phi) is 3.62. The molecule has 0 aromatic carbocycles. The van der Waals surface area contributed by atoms with Crippen molar-refractivity contribution >= 4 is 17.1 Å². The molecular weight excluding hydrogens is 278 g/mol. The number of aliphatic hydroxyl groups excluding tert-OH is 2. The van der Waals surface area contributed by atoms with Gasteiger partial charge in [0, 0.05) is 13.5 Å². The van der Waals surface area contributed by atoms with E-state index in [0.717, 1.165) is 0 Å². The third-order valence-electron chi connectivity index (χ3n) is 3.48. The van der Waals surface area contributed by atoms with E-state index in [-0.39, 0.29) is 6.61 Å². The quantitative estimate of drug-likeness (QED) is 0.692. The van der Waals surface area contributed by atoms with Crippen LogP contribution in [0.4, 0.5) is 5.95 Å². The number of rotatable bonds is 4. The summed E-state index contributed by atoms with van der Waals surface area (Å²) in [4.78, 5) is 12.8. The SMILES string of the molecule is CNc1ncc2nc(OC)n([C@H]3C[C@@H](O)[C@H](CO)O3)c2n1. The second kappa shape index (κ2) is 5.43. The number of aliphatic hydroxyl groups is 2. The molecule has 0 saturated carbocycles. The molecule has 3 rings (SSSR count). The van der Waals surface area contributed by atoms with Gasteiger partial charge in [-0.2, -0.15) is 9.97 Å². The van der Waals surface area contributed by atoms with Gasteiger partial charge in [0.25, 0.3) is 0 Å². The van der Waals surface area contributed by atoms with Crippen molar-refractivity contribution in [1.82, 2.24) is 19.5 Å². The maximum absolute atomic E-state index is 9.89. The van der Waals surface area contributed by atoms with Crippen LogP contribution in [0.25, 0.3) is 11.2 Å². The lowest BCUT2D eigenvalue weighted by molar-refractivity contribution is -0.0450. The van der Waals surface area contributed by atoms with Crippen LogP contribution in [-0.4, -0.2) is 62.7 Å². The summed E-state index contributed by atoms with van der Waals surface area (Å²) in [5.74, 6) is 0.448. The minimum absolute atomic E-state index is 0.247. The van der Waals surface area contributed by atoms with E-state index in [0.29, 0.717) is 29.5 Å². The molecule has 0 spiro atoms. The number of imidazole rings is 1. The van der Waals surface area contributed by atoms with Crippen LogP contribution in [0.15, 0.2) is 6.20 Å². The first-order valence-electron chi connectivity index (χ1n) is 6.59. The van der Waals surface area contributed by atoms with Crippen molar-refractivity contribution in [2.75, 3.05) is 26.1 Å². The number of aromatic nitrogens is 4. The van der Waals surface area contributed by atoms with Crippen molar-refractivity contribution < 1.29 is 19.7 Å². The first kappa shape index (κ1) is 14.0. The number of hydrogen-bond acceptors (Lipinski definition) is 8. The Morgan fingerprint density at radius 1 is 1.52 bits per heavy atom. The molecule has 2 aromatic rings. The predicted molar refractivity (Wildman–Crippen MR) is 73.0 cm³/mol. The van der Waals surface area contributed by atoms with E-state index in [4.69, 9.17) is 9.47 Å². The lowest BCUT2D eigenvalue weighted by Gasteiger charge is -2.15. The predicted octanol–water partition coefficient (Wildman–Crippen LogP) is -0.483. The highest BCUT2D eigenvalue weighted by Gasteiger charge is 2.37. The fraction of sp³-hybridized carbons (Fsp3) is 0.583. The Balaban J connectivity index is 2.07. The molecule has 114 valence electrons. The van der Waals surface area contributed by atoms with Crippen LogP contribution < -0.4 is 10.1 Å². The van der Waals surface area contributed by atoms with Gasteiger partial charge in [0.2, 0.25) is 5.95 Å². The molecule has 3 heterocycles. The van der Waals surface area contributed by atoms with Gasteiger partial charge in [-0.25, -0.2) is 4.98 Å². The van der Waals surface area contributed by atoms with Gasteiger partial charge in [0.15, 0.2) is 5.65 Å². The van der Waals surface area contributed by atoms with Crippen LogP contribution in [0.1, 0.15) is 12.6 Å². The monoisotopic (exact) mass is 295 g/mol. The Morgan fingerprint density at radius 2 is 2.33 bits per heavy atom. The first-order valence-corrected chi connectivity index (χ1v) is 6.59. The summed E-state index contributed by atoms with van der Waals surface area (Å²) in [5.41, 5.74) is 1.11. The van der Waals surface area contributed by atoms with Crippen LogP contribution in [0.2, 0.25) is 0 Å². The average Bonchev–Trinajstić information content (AvgIpc) is 3.05. The largest absolute Gasteiger partial charge is 0.468 e. The number of methoxy groups -OCH3 is 1. The molecule has 0 aliphatic carbocycles. The molecule has 9 nitrogen and oxygen atoms in total. The number of hydrogen-bond donors (Lipinski definition) is 3. The molecule has 9 heteroatoms. The average molecular weight is 295 g/mol.